The molecule has 0 bridgehead atoms. The summed E-state index contributed by atoms with van der Waals surface area (Å²) in [5.41, 5.74) is 4.28. The lowest BCUT2D eigenvalue weighted by molar-refractivity contribution is 0.222. The summed E-state index contributed by atoms with van der Waals surface area (Å²) in [6, 6.07) is 10.5. The van der Waals surface area contributed by atoms with Gasteiger partial charge in [0.05, 0.1) is 17.7 Å². The molecule has 134 valence electrons. The number of hydrogen-bond acceptors (Lipinski definition) is 4. The number of likely N-dealkylation sites (tertiary alicyclic amines) is 1. The van der Waals surface area contributed by atoms with Crippen LogP contribution in [0.5, 0.6) is 0 Å². The number of hydrogen-bond donors (Lipinski definition) is 0. The fraction of sp³-hybridized carbons (Fsp3) is 0.333. The van der Waals surface area contributed by atoms with E-state index in [0.29, 0.717) is 5.92 Å². The molecule has 1 saturated heterocycles. The second-order valence-corrected chi connectivity index (χ2v) is 7.52. The Labute approximate surface area is 158 Å². The van der Waals surface area contributed by atoms with E-state index in [1.54, 1.807) is 11.3 Å². The minimum Gasteiger partial charge on any atom is -0.329 e. The first-order valence-corrected chi connectivity index (χ1v) is 10.1. The zero-order chi connectivity index (χ0) is 17.6. The van der Waals surface area contributed by atoms with Crippen LogP contribution >= 0.6 is 11.3 Å². The number of piperidine rings is 1. The van der Waals surface area contributed by atoms with Gasteiger partial charge in [-0.05, 0) is 24.9 Å². The number of imidazole rings is 1. The van der Waals surface area contributed by atoms with Crippen LogP contribution in [0.25, 0.3) is 6.08 Å². The van der Waals surface area contributed by atoms with Gasteiger partial charge in [0.15, 0.2) is 0 Å². The zero-order valence-electron chi connectivity index (χ0n) is 14.9. The monoisotopic (exact) mass is 364 g/mol. The maximum Gasteiger partial charge on any atom is 0.113 e. The number of aromatic nitrogens is 3. The van der Waals surface area contributed by atoms with Gasteiger partial charge in [-0.2, -0.15) is 0 Å². The van der Waals surface area contributed by atoms with E-state index < -0.39 is 0 Å². The molecule has 1 aliphatic heterocycles. The molecule has 4 nitrogen and oxygen atoms in total. The highest BCUT2D eigenvalue weighted by molar-refractivity contribution is 7.07. The van der Waals surface area contributed by atoms with E-state index in [2.05, 4.69) is 73.5 Å². The Hall–Kier alpha value is -2.24. The number of benzene rings is 1. The summed E-state index contributed by atoms with van der Waals surface area (Å²) < 4.78 is 2.27. The highest BCUT2D eigenvalue weighted by Gasteiger charge is 2.24. The highest BCUT2D eigenvalue weighted by atomic mass is 32.1. The highest BCUT2D eigenvalue weighted by Crippen LogP contribution is 2.26. The summed E-state index contributed by atoms with van der Waals surface area (Å²) in [7, 11) is 0. The maximum atomic E-state index is 4.68. The Morgan fingerprint density at radius 2 is 2.12 bits per heavy atom. The van der Waals surface area contributed by atoms with Gasteiger partial charge in [0.25, 0.3) is 0 Å². The molecule has 1 aliphatic rings. The fourth-order valence-electron chi connectivity index (χ4n) is 3.64. The van der Waals surface area contributed by atoms with Gasteiger partial charge in [-0.1, -0.05) is 42.5 Å². The van der Waals surface area contributed by atoms with Gasteiger partial charge in [-0.25, -0.2) is 9.97 Å². The van der Waals surface area contributed by atoms with Crippen molar-refractivity contribution in [2.75, 3.05) is 19.6 Å². The van der Waals surface area contributed by atoms with E-state index in [9.17, 15) is 0 Å². The van der Waals surface area contributed by atoms with Crippen LogP contribution in [0, 0.1) is 0 Å². The van der Waals surface area contributed by atoms with Crippen LogP contribution in [0.1, 0.15) is 35.8 Å². The van der Waals surface area contributed by atoms with Crippen molar-refractivity contribution in [3.05, 3.63) is 76.8 Å². The standard InChI is InChI=1S/C21H24N4S/c1-2-6-18(7-3-1)8-4-11-24-12-5-9-19(14-24)21-22-10-13-25(21)15-20-16-26-17-23-20/h1-4,6-8,10,13,16-17,19H,5,9,11-12,14-15H2/b8-4+. The van der Waals surface area contributed by atoms with Crippen molar-refractivity contribution in [2.45, 2.75) is 25.3 Å². The molecule has 0 amide bonds. The average molecular weight is 365 g/mol. The molecule has 0 N–H and O–H groups in total. The third-order valence-electron chi connectivity index (χ3n) is 4.91. The molecule has 0 saturated carbocycles. The topological polar surface area (TPSA) is 34.0 Å². The summed E-state index contributed by atoms with van der Waals surface area (Å²) in [4.78, 5) is 11.6. The first-order valence-electron chi connectivity index (χ1n) is 9.20. The van der Waals surface area contributed by atoms with Crippen LogP contribution in [-0.2, 0) is 6.54 Å². The molecule has 26 heavy (non-hydrogen) atoms. The number of nitrogens with zero attached hydrogens (tertiary/aromatic N) is 4. The third kappa shape index (κ3) is 4.29. The average Bonchev–Trinajstić information content (AvgIpc) is 3.35. The number of rotatable bonds is 6. The first-order chi connectivity index (χ1) is 12.9. The predicted octanol–water partition coefficient (Wildman–Crippen LogP) is 4.28. The Balaban J connectivity index is 1.38. The van der Waals surface area contributed by atoms with Gasteiger partial charge in [0.1, 0.15) is 5.82 Å². The minimum atomic E-state index is 0.502. The fourth-order valence-corrected chi connectivity index (χ4v) is 4.19. The molecule has 3 aromatic rings. The lowest BCUT2D eigenvalue weighted by Crippen LogP contribution is -2.35. The second-order valence-electron chi connectivity index (χ2n) is 6.80. The maximum absolute atomic E-state index is 4.68. The SMILES string of the molecule is C(=C\c1ccccc1)/CN1CCCC(c2nccn2Cc2cscn2)C1. The van der Waals surface area contributed by atoms with Gasteiger partial charge < -0.3 is 4.57 Å². The van der Waals surface area contributed by atoms with Crippen LogP contribution in [0.3, 0.4) is 0 Å². The van der Waals surface area contributed by atoms with Crippen molar-refractivity contribution in [1.82, 2.24) is 19.4 Å². The third-order valence-corrected chi connectivity index (χ3v) is 5.54. The summed E-state index contributed by atoms with van der Waals surface area (Å²) in [5.74, 6) is 1.71. The van der Waals surface area contributed by atoms with Crippen LogP contribution in [0.15, 0.2) is 59.7 Å². The molecule has 2 aromatic heterocycles. The molecule has 1 atom stereocenters. The van der Waals surface area contributed by atoms with E-state index in [-0.39, 0.29) is 0 Å². The Morgan fingerprint density at radius 1 is 1.19 bits per heavy atom. The van der Waals surface area contributed by atoms with Crippen LogP contribution < -0.4 is 0 Å². The zero-order valence-corrected chi connectivity index (χ0v) is 15.7. The molecule has 5 heteroatoms. The largest absolute Gasteiger partial charge is 0.329 e. The van der Waals surface area contributed by atoms with Crippen LogP contribution in [0.2, 0.25) is 0 Å². The quantitative estimate of drug-likeness (QED) is 0.655. The van der Waals surface area contributed by atoms with Crippen LogP contribution in [-0.4, -0.2) is 39.1 Å². The summed E-state index contributed by atoms with van der Waals surface area (Å²) >= 11 is 1.65. The van der Waals surface area contributed by atoms with Crippen molar-refractivity contribution < 1.29 is 0 Å². The van der Waals surface area contributed by atoms with Crippen molar-refractivity contribution in [2.24, 2.45) is 0 Å². The summed E-state index contributed by atoms with van der Waals surface area (Å²) in [5, 5.41) is 2.12. The predicted molar refractivity (Wildman–Crippen MR) is 107 cm³/mol. The lowest BCUT2D eigenvalue weighted by Gasteiger charge is -2.31. The number of thiazole rings is 1. The van der Waals surface area contributed by atoms with Crippen molar-refractivity contribution in [1.29, 1.82) is 0 Å². The first kappa shape index (κ1) is 17.2. The van der Waals surface area contributed by atoms with Crippen molar-refractivity contribution in [3.8, 4) is 0 Å². The molecule has 1 unspecified atom stereocenters. The molecular formula is C21H24N4S. The molecular weight excluding hydrogens is 340 g/mol. The van der Waals surface area contributed by atoms with E-state index in [1.807, 2.05) is 11.7 Å². The second kappa shape index (κ2) is 8.43. The van der Waals surface area contributed by atoms with Gasteiger partial charge in [-0.15, -0.1) is 11.3 Å². The van der Waals surface area contributed by atoms with Gasteiger partial charge in [0, 0.05) is 36.8 Å². The molecule has 0 aliphatic carbocycles. The molecule has 3 heterocycles. The van der Waals surface area contributed by atoms with Gasteiger partial charge in [-0.3, -0.25) is 4.90 Å². The Morgan fingerprint density at radius 3 is 2.96 bits per heavy atom. The Kier molecular flexibility index (Phi) is 5.57. The van der Waals surface area contributed by atoms with E-state index in [4.69, 9.17) is 0 Å². The van der Waals surface area contributed by atoms with Crippen molar-refractivity contribution in [3.63, 3.8) is 0 Å². The summed E-state index contributed by atoms with van der Waals surface area (Å²) in [6.45, 7) is 4.07. The van der Waals surface area contributed by atoms with Gasteiger partial charge >= 0.3 is 0 Å². The minimum absolute atomic E-state index is 0.502. The smallest absolute Gasteiger partial charge is 0.113 e. The molecule has 1 aromatic carbocycles. The van der Waals surface area contributed by atoms with E-state index in [1.165, 1.54) is 30.8 Å². The lowest BCUT2D eigenvalue weighted by atomic mass is 9.97. The Bertz CT molecular complexity index is 823. The molecule has 4 rings (SSSR count). The van der Waals surface area contributed by atoms with E-state index in [0.717, 1.165) is 25.3 Å². The normalized spacial score (nSPS) is 18.5. The van der Waals surface area contributed by atoms with Crippen molar-refractivity contribution >= 4 is 17.4 Å². The van der Waals surface area contributed by atoms with Crippen LogP contribution in [0.4, 0.5) is 0 Å². The molecule has 0 radical (unpaired) electrons. The van der Waals surface area contributed by atoms with E-state index >= 15 is 0 Å². The summed E-state index contributed by atoms with van der Waals surface area (Å²) in [6.07, 6.45) is 10.9. The molecule has 1 fully saturated rings. The molecule has 0 spiro atoms. The van der Waals surface area contributed by atoms with Gasteiger partial charge in [0.2, 0.25) is 0 Å².